The molecule has 0 aromatic heterocycles. The smallest absolute Gasteiger partial charge is 0.223 e. The maximum Gasteiger partial charge on any atom is 0.223 e. The van der Waals surface area contributed by atoms with Gasteiger partial charge in [-0.2, -0.15) is 0 Å². The molecule has 2 unspecified atom stereocenters. The minimum Gasteiger partial charge on any atom is -0.387 e. The van der Waals surface area contributed by atoms with E-state index in [1.54, 1.807) is 4.90 Å². The van der Waals surface area contributed by atoms with E-state index in [-0.39, 0.29) is 5.91 Å². The molecule has 0 spiro atoms. The first-order valence-electron chi connectivity index (χ1n) is 7.04. The van der Waals surface area contributed by atoms with Crippen molar-refractivity contribution < 1.29 is 9.90 Å². The Balaban J connectivity index is 2.05. The first-order chi connectivity index (χ1) is 9.01. The van der Waals surface area contributed by atoms with Gasteiger partial charge in [-0.25, -0.2) is 0 Å². The third-order valence-corrected chi connectivity index (χ3v) is 4.05. The molecule has 1 N–H and O–H groups in total. The predicted octanol–water partition coefficient (Wildman–Crippen LogP) is 2.60. The number of hydrogen-bond acceptors (Lipinski definition) is 2. The van der Waals surface area contributed by atoms with Crippen molar-refractivity contribution in [3.63, 3.8) is 0 Å². The summed E-state index contributed by atoms with van der Waals surface area (Å²) in [5.74, 6) is 0.634. The van der Waals surface area contributed by atoms with E-state index in [1.165, 1.54) is 5.56 Å². The van der Waals surface area contributed by atoms with Crippen LogP contribution in [0.1, 0.15) is 42.6 Å². The average molecular weight is 261 g/mol. The van der Waals surface area contributed by atoms with Crippen molar-refractivity contribution in [2.24, 2.45) is 5.92 Å². The van der Waals surface area contributed by atoms with E-state index in [4.69, 9.17) is 0 Å². The number of carbonyl (C=O) groups is 1. The minimum atomic E-state index is -0.583. The lowest BCUT2D eigenvalue weighted by atomic mass is 10.0. The van der Waals surface area contributed by atoms with Crippen molar-refractivity contribution in [2.75, 3.05) is 13.1 Å². The largest absolute Gasteiger partial charge is 0.387 e. The van der Waals surface area contributed by atoms with Crippen molar-refractivity contribution >= 4 is 5.91 Å². The molecule has 2 rings (SSSR count). The average Bonchev–Trinajstić information content (AvgIpc) is 2.70. The highest BCUT2D eigenvalue weighted by atomic mass is 16.3. The molecule has 0 aliphatic carbocycles. The van der Waals surface area contributed by atoms with E-state index < -0.39 is 6.10 Å². The first kappa shape index (κ1) is 14.1. The summed E-state index contributed by atoms with van der Waals surface area (Å²) in [7, 11) is 0. The molecule has 0 bridgehead atoms. The van der Waals surface area contributed by atoms with E-state index in [9.17, 15) is 9.90 Å². The Bertz CT molecular complexity index is 470. The van der Waals surface area contributed by atoms with Gasteiger partial charge in [0.2, 0.25) is 5.91 Å². The monoisotopic (exact) mass is 261 g/mol. The molecule has 1 saturated heterocycles. The van der Waals surface area contributed by atoms with E-state index >= 15 is 0 Å². The molecular weight excluding hydrogens is 238 g/mol. The summed E-state index contributed by atoms with van der Waals surface area (Å²) in [5, 5.41) is 10.3. The Morgan fingerprint density at radius 3 is 2.74 bits per heavy atom. The number of aryl methyl sites for hydroxylation is 2. The molecule has 1 fully saturated rings. The van der Waals surface area contributed by atoms with Crippen LogP contribution in [-0.2, 0) is 4.79 Å². The third-order valence-electron chi connectivity index (χ3n) is 4.05. The second-order valence-electron chi connectivity index (χ2n) is 5.65. The number of amides is 1. The molecule has 2 atom stereocenters. The number of aliphatic hydroxyl groups is 1. The highest BCUT2D eigenvalue weighted by Gasteiger charge is 2.30. The van der Waals surface area contributed by atoms with Gasteiger partial charge in [-0.05, 0) is 30.9 Å². The first-order valence-corrected chi connectivity index (χ1v) is 7.04. The van der Waals surface area contributed by atoms with Gasteiger partial charge < -0.3 is 10.0 Å². The number of likely N-dealkylation sites (tertiary alicyclic amines) is 1. The van der Waals surface area contributed by atoms with Gasteiger partial charge in [-0.1, -0.05) is 37.1 Å². The number of hydrogen-bond donors (Lipinski definition) is 1. The SMILES string of the molecule is CCC1CC(=O)N(CC(O)c2ccc(C)cc2C)C1. The van der Waals surface area contributed by atoms with Crippen molar-refractivity contribution in [3.05, 3.63) is 34.9 Å². The van der Waals surface area contributed by atoms with Gasteiger partial charge in [-0.3, -0.25) is 4.79 Å². The molecule has 1 aromatic carbocycles. The maximum absolute atomic E-state index is 11.9. The summed E-state index contributed by atoms with van der Waals surface area (Å²) in [4.78, 5) is 13.7. The Hall–Kier alpha value is -1.35. The lowest BCUT2D eigenvalue weighted by Crippen LogP contribution is -2.30. The van der Waals surface area contributed by atoms with E-state index in [0.717, 1.165) is 24.1 Å². The molecule has 3 nitrogen and oxygen atoms in total. The molecular formula is C16H23NO2. The van der Waals surface area contributed by atoms with Crippen molar-refractivity contribution in [3.8, 4) is 0 Å². The summed E-state index contributed by atoms with van der Waals surface area (Å²) >= 11 is 0. The van der Waals surface area contributed by atoms with E-state index in [2.05, 4.69) is 13.0 Å². The molecule has 0 saturated carbocycles. The summed E-state index contributed by atoms with van der Waals surface area (Å²) in [6.45, 7) is 7.36. The van der Waals surface area contributed by atoms with Crippen LogP contribution in [0.5, 0.6) is 0 Å². The maximum atomic E-state index is 11.9. The van der Waals surface area contributed by atoms with Crippen LogP contribution in [0.15, 0.2) is 18.2 Å². The van der Waals surface area contributed by atoms with Crippen LogP contribution in [0.2, 0.25) is 0 Å². The quantitative estimate of drug-likeness (QED) is 0.905. The zero-order chi connectivity index (χ0) is 14.0. The van der Waals surface area contributed by atoms with Crippen LogP contribution in [0.3, 0.4) is 0 Å². The van der Waals surface area contributed by atoms with Gasteiger partial charge >= 0.3 is 0 Å². The van der Waals surface area contributed by atoms with Crippen LogP contribution in [0, 0.1) is 19.8 Å². The highest BCUT2D eigenvalue weighted by Crippen LogP contribution is 2.25. The molecule has 1 aliphatic heterocycles. The zero-order valence-corrected chi connectivity index (χ0v) is 12.0. The van der Waals surface area contributed by atoms with Crippen LogP contribution in [-0.4, -0.2) is 29.0 Å². The number of nitrogens with zero attached hydrogens (tertiary/aromatic N) is 1. The lowest BCUT2D eigenvalue weighted by molar-refractivity contribution is -0.129. The Kier molecular flexibility index (Phi) is 4.25. The molecule has 1 aliphatic rings. The number of rotatable bonds is 4. The van der Waals surface area contributed by atoms with Gasteiger partial charge in [-0.15, -0.1) is 0 Å². The molecule has 104 valence electrons. The molecule has 1 amide bonds. The van der Waals surface area contributed by atoms with Crippen molar-refractivity contribution in [1.82, 2.24) is 4.90 Å². The van der Waals surface area contributed by atoms with Crippen LogP contribution >= 0.6 is 0 Å². The van der Waals surface area contributed by atoms with Crippen LogP contribution in [0.4, 0.5) is 0 Å². The fraction of sp³-hybridized carbons (Fsp3) is 0.562. The van der Waals surface area contributed by atoms with Gasteiger partial charge in [0.05, 0.1) is 12.6 Å². The molecule has 19 heavy (non-hydrogen) atoms. The van der Waals surface area contributed by atoms with E-state index in [1.807, 2.05) is 26.0 Å². The Morgan fingerprint density at radius 1 is 1.42 bits per heavy atom. The fourth-order valence-corrected chi connectivity index (χ4v) is 2.81. The second-order valence-corrected chi connectivity index (χ2v) is 5.65. The summed E-state index contributed by atoms with van der Waals surface area (Å²) in [5.41, 5.74) is 3.21. The number of carbonyl (C=O) groups excluding carboxylic acids is 1. The van der Waals surface area contributed by atoms with E-state index in [0.29, 0.717) is 18.9 Å². The molecule has 1 heterocycles. The number of benzene rings is 1. The normalized spacial score (nSPS) is 20.9. The van der Waals surface area contributed by atoms with Gasteiger partial charge in [0, 0.05) is 13.0 Å². The van der Waals surface area contributed by atoms with Gasteiger partial charge in [0.25, 0.3) is 0 Å². The lowest BCUT2D eigenvalue weighted by Gasteiger charge is -2.22. The number of β-amino-alcohol motifs (C(OH)–C–C–N with tert-alkyl or cyclic N) is 1. The van der Waals surface area contributed by atoms with Crippen LogP contribution < -0.4 is 0 Å². The second kappa shape index (κ2) is 5.74. The molecule has 3 heteroatoms. The third kappa shape index (κ3) is 3.16. The number of aliphatic hydroxyl groups excluding tert-OH is 1. The van der Waals surface area contributed by atoms with Gasteiger partial charge in [0.1, 0.15) is 0 Å². The molecule has 0 radical (unpaired) electrons. The standard InChI is InChI=1S/C16H23NO2/c1-4-13-8-16(19)17(9-13)10-15(18)14-6-5-11(2)7-12(14)3/h5-7,13,15,18H,4,8-10H2,1-3H3. The topological polar surface area (TPSA) is 40.5 Å². The molecule has 1 aromatic rings. The van der Waals surface area contributed by atoms with Gasteiger partial charge in [0.15, 0.2) is 0 Å². The Morgan fingerprint density at radius 2 is 2.16 bits per heavy atom. The highest BCUT2D eigenvalue weighted by molar-refractivity contribution is 5.78. The predicted molar refractivity (Wildman–Crippen MR) is 75.9 cm³/mol. The van der Waals surface area contributed by atoms with Crippen molar-refractivity contribution in [1.29, 1.82) is 0 Å². The van der Waals surface area contributed by atoms with Crippen LogP contribution in [0.25, 0.3) is 0 Å². The minimum absolute atomic E-state index is 0.177. The zero-order valence-electron chi connectivity index (χ0n) is 12.0. The summed E-state index contributed by atoms with van der Waals surface area (Å²) < 4.78 is 0. The van der Waals surface area contributed by atoms with Crippen molar-refractivity contribution in [2.45, 2.75) is 39.7 Å². The fourth-order valence-electron chi connectivity index (χ4n) is 2.81. The Labute approximate surface area is 115 Å². The summed E-state index contributed by atoms with van der Waals surface area (Å²) in [6.07, 6.45) is 1.08. The summed E-state index contributed by atoms with van der Waals surface area (Å²) in [6, 6.07) is 6.04.